The van der Waals surface area contributed by atoms with Crippen LogP contribution in [-0.2, 0) is 9.53 Å². The summed E-state index contributed by atoms with van der Waals surface area (Å²) in [6, 6.07) is 0. The number of hydrogen-bond donors (Lipinski definition) is 0. The second-order valence-electron chi connectivity index (χ2n) is 7.62. The number of ether oxygens (including phenoxy) is 1. The highest BCUT2D eigenvalue weighted by atomic mass is 16.6. The Bertz CT molecular complexity index is 606. The topological polar surface area (TPSA) is 52.7 Å². The van der Waals surface area contributed by atoms with Crippen molar-refractivity contribution in [3.8, 4) is 0 Å². The number of carbonyl (C=O) groups excluding carboxylic acids is 1. The first kappa shape index (κ1) is 17.7. The lowest BCUT2D eigenvalue weighted by Crippen LogP contribution is -2.41. The van der Waals surface area contributed by atoms with Gasteiger partial charge in [-0.2, -0.15) is 0 Å². The third-order valence-corrected chi connectivity index (χ3v) is 5.24. The van der Waals surface area contributed by atoms with Crippen molar-refractivity contribution in [1.29, 1.82) is 0 Å². The van der Waals surface area contributed by atoms with E-state index in [9.17, 15) is 9.90 Å². The SMILES string of the molecule is CC(/C=C/C12OC1(C)CCCC2(C)C)=C\C=C\C(C)=C\C(=O)[O-]. The van der Waals surface area contributed by atoms with Gasteiger partial charge in [-0.05, 0) is 57.8 Å². The molecule has 3 heteroatoms. The maximum absolute atomic E-state index is 10.5. The summed E-state index contributed by atoms with van der Waals surface area (Å²) in [6.07, 6.45) is 14.5. The van der Waals surface area contributed by atoms with Gasteiger partial charge in [0.2, 0.25) is 0 Å². The van der Waals surface area contributed by atoms with E-state index in [2.05, 4.69) is 32.9 Å². The summed E-state index contributed by atoms with van der Waals surface area (Å²) in [5.74, 6) is -1.17. The standard InChI is InChI=1S/C20H28O3/c1-15(8-6-9-16(2)14-17(21)22)10-13-20-18(3,4)11-7-12-19(20,5)23-20/h6,8-10,13-14H,7,11-12H2,1-5H3,(H,21,22)/p-1/b9-6+,13-10+,15-8+,16-14+. The van der Waals surface area contributed by atoms with Gasteiger partial charge in [-0.25, -0.2) is 0 Å². The molecular formula is C20H27O3-. The van der Waals surface area contributed by atoms with Crippen LogP contribution in [0.5, 0.6) is 0 Å². The van der Waals surface area contributed by atoms with Crippen molar-refractivity contribution >= 4 is 5.97 Å². The number of carbonyl (C=O) groups is 1. The summed E-state index contributed by atoms with van der Waals surface area (Å²) >= 11 is 0. The lowest BCUT2D eigenvalue weighted by Gasteiger charge is -2.36. The molecule has 2 unspecified atom stereocenters. The van der Waals surface area contributed by atoms with Crippen LogP contribution >= 0.6 is 0 Å². The summed E-state index contributed by atoms with van der Waals surface area (Å²) in [5.41, 5.74) is 1.75. The molecule has 0 N–H and O–H groups in total. The average Bonchev–Trinajstić information content (AvgIpc) is 3.03. The fourth-order valence-corrected chi connectivity index (χ4v) is 3.80. The zero-order chi connectivity index (χ0) is 17.3. The zero-order valence-corrected chi connectivity index (χ0v) is 14.8. The molecule has 2 atom stereocenters. The predicted octanol–water partition coefficient (Wildman–Crippen LogP) is 3.48. The molecule has 3 nitrogen and oxygen atoms in total. The van der Waals surface area contributed by atoms with E-state index >= 15 is 0 Å². The van der Waals surface area contributed by atoms with Crippen LogP contribution in [0.4, 0.5) is 0 Å². The van der Waals surface area contributed by atoms with Gasteiger partial charge in [-0.15, -0.1) is 0 Å². The van der Waals surface area contributed by atoms with E-state index in [1.54, 1.807) is 13.0 Å². The van der Waals surface area contributed by atoms with Crippen LogP contribution in [-0.4, -0.2) is 17.2 Å². The molecule has 1 saturated heterocycles. The number of hydrogen-bond acceptors (Lipinski definition) is 3. The first-order valence-corrected chi connectivity index (χ1v) is 8.26. The van der Waals surface area contributed by atoms with Crippen molar-refractivity contribution in [2.45, 2.75) is 65.1 Å². The van der Waals surface area contributed by atoms with Crippen LogP contribution in [0.1, 0.15) is 53.9 Å². The molecule has 0 aromatic heterocycles. The molecule has 0 bridgehead atoms. The molecule has 1 aliphatic carbocycles. The van der Waals surface area contributed by atoms with Gasteiger partial charge in [0.1, 0.15) is 5.60 Å². The van der Waals surface area contributed by atoms with Crippen LogP contribution in [0.2, 0.25) is 0 Å². The Morgan fingerprint density at radius 1 is 1.09 bits per heavy atom. The number of aliphatic carboxylic acids is 1. The number of epoxide rings is 1. The summed E-state index contributed by atoms with van der Waals surface area (Å²) in [6.45, 7) is 10.6. The number of fused-ring (bicyclic) bond motifs is 1. The fourth-order valence-electron chi connectivity index (χ4n) is 3.80. The summed E-state index contributed by atoms with van der Waals surface area (Å²) < 4.78 is 6.19. The van der Waals surface area contributed by atoms with Gasteiger partial charge in [-0.1, -0.05) is 43.7 Å². The molecule has 0 amide bonds. The Balaban J connectivity index is 2.07. The molecular weight excluding hydrogens is 288 g/mol. The minimum Gasteiger partial charge on any atom is -0.545 e. The first-order valence-electron chi connectivity index (χ1n) is 8.26. The largest absolute Gasteiger partial charge is 0.545 e. The van der Waals surface area contributed by atoms with Crippen LogP contribution < -0.4 is 5.11 Å². The van der Waals surface area contributed by atoms with E-state index in [1.165, 1.54) is 12.8 Å². The average molecular weight is 315 g/mol. The molecule has 2 fully saturated rings. The third-order valence-electron chi connectivity index (χ3n) is 5.24. The molecule has 0 aromatic rings. The maximum Gasteiger partial charge on any atom is 0.121 e. The fraction of sp³-hybridized carbons (Fsp3) is 0.550. The van der Waals surface area contributed by atoms with Crippen LogP contribution in [0.3, 0.4) is 0 Å². The lowest BCUT2D eigenvalue weighted by atomic mass is 9.64. The van der Waals surface area contributed by atoms with E-state index in [1.807, 2.05) is 19.1 Å². The number of carboxylic acids is 1. The lowest BCUT2D eigenvalue weighted by molar-refractivity contribution is -0.297. The highest BCUT2D eigenvalue weighted by molar-refractivity contribution is 5.79. The van der Waals surface area contributed by atoms with Gasteiger partial charge >= 0.3 is 0 Å². The van der Waals surface area contributed by atoms with E-state index in [0.717, 1.165) is 18.1 Å². The Hall–Kier alpha value is -1.61. The second-order valence-corrected chi connectivity index (χ2v) is 7.62. The monoisotopic (exact) mass is 315 g/mol. The quantitative estimate of drug-likeness (QED) is 0.443. The van der Waals surface area contributed by atoms with Gasteiger partial charge < -0.3 is 14.6 Å². The Kier molecular flexibility index (Phi) is 4.72. The molecule has 2 rings (SSSR count). The van der Waals surface area contributed by atoms with Crippen LogP contribution in [0.15, 0.2) is 47.6 Å². The predicted molar refractivity (Wildman–Crippen MR) is 90.7 cm³/mol. The Morgan fingerprint density at radius 3 is 2.39 bits per heavy atom. The number of carboxylic acid groups (broad SMARTS) is 1. The molecule has 1 aliphatic heterocycles. The highest BCUT2D eigenvalue weighted by Gasteiger charge is 2.73. The van der Waals surface area contributed by atoms with Crippen molar-refractivity contribution in [2.24, 2.45) is 5.41 Å². The second kappa shape index (κ2) is 6.12. The number of rotatable bonds is 5. The van der Waals surface area contributed by atoms with Crippen molar-refractivity contribution in [2.75, 3.05) is 0 Å². The summed E-state index contributed by atoms with van der Waals surface area (Å²) in [7, 11) is 0. The third kappa shape index (κ3) is 3.50. The number of allylic oxidation sites excluding steroid dienone is 6. The van der Waals surface area contributed by atoms with E-state index < -0.39 is 5.97 Å². The van der Waals surface area contributed by atoms with E-state index in [0.29, 0.717) is 5.57 Å². The minimum atomic E-state index is -1.17. The zero-order valence-electron chi connectivity index (χ0n) is 14.8. The Morgan fingerprint density at radius 2 is 1.78 bits per heavy atom. The van der Waals surface area contributed by atoms with Gasteiger partial charge in [-0.3, -0.25) is 0 Å². The van der Waals surface area contributed by atoms with Crippen molar-refractivity contribution in [3.05, 3.63) is 47.6 Å². The van der Waals surface area contributed by atoms with Crippen molar-refractivity contribution in [1.82, 2.24) is 0 Å². The molecule has 0 spiro atoms. The minimum absolute atomic E-state index is 0.0187. The molecule has 1 saturated carbocycles. The molecule has 2 aliphatic rings. The molecule has 1 heterocycles. The summed E-state index contributed by atoms with van der Waals surface area (Å²) in [4.78, 5) is 10.5. The van der Waals surface area contributed by atoms with Crippen molar-refractivity contribution < 1.29 is 14.6 Å². The smallest absolute Gasteiger partial charge is 0.121 e. The summed E-state index contributed by atoms with van der Waals surface area (Å²) in [5, 5.41) is 10.5. The molecule has 0 radical (unpaired) electrons. The van der Waals surface area contributed by atoms with Gasteiger partial charge in [0.15, 0.2) is 0 Å². The van der Waals surface area contributed by atoms with Gasteiger partial charge in [0, 0.05) is 5.41 Å². The molecule has 0 aromatic carbocycles. The first-order chi connectivity index (χ1) is 10.6. The van der Waals surface area contributed by atoms with Gasteiger partial charge in [0.25, 0.3) is 0 Å². The van der Waals surface area contributed by atoms with Crippen LogP contribution in [0.25, 0.3) is 0 Å². The maximum atomic E-state index is 10.5. The normalized spacial score (nSPS) is 34.0. The van der Waals surface area contributed by atoms with Crippen molar-refractivity contribution in [3.63, 3.8) is 0 Å². The highest BCUT2D eigenvalue weighted by Crippen LogP contribution is 2.66. The molecule has 126 valence electrons. The van der Waals surface area contributed by atoms with E-state index in [4.69, 9.17) is 4.74 Å². The van der Waals surface area contributed by atoms with Gasteiger partial charge in [0.05, 0.1) is 11.6 Å². The van der Waals surface area contributed by atoms with Crippen LogP contribution in [0, 0.1) is 5.41 Å². The Labute approximate surface area is 139 Å². The molecule has 23 heavy (non-hydrogen) atoms. The van der Waals surface area contributed by atoms with E-state index in [-0.39, 0.29) is 16.6 Å².